The topological polar surface area (TPSA) is 34.1 Å². The van der Waals surface area contributed by atoms with Gasteiger partial charge in [-0.3, -0.25) is 0 Å². The van der Waals surface area contributed by atoms with Gasteiger partial charge in [0.1, 0.15) is 0 Å². The molecule has 17 heavy (non-hydrogen) atoms. The lowest BCUT2D eigenvalue weighted by molar-refractivity contribution is 0.129. The first-order valence-electron chi connectivity index (χ1n) is 6.58. The van der Waals surface area contributed by atoms with Gasteiger partial charge >= 0.3 is 0 Å². The molecule has 3 nitrogen and oxygen atoms in total. The van der Waals surface area contributed by atoms with E-state index in [0.717, 1.165) is 39.1 Å². The Hall–Kier alpha value is -0.450. The first-order chi connectivity index (χ1) is 8.36. The number of ether oxygens (including phenoxy) is 1. The Bertz CT molecular complexity index is 289. The van der Waals surface area contributed by atoms with E-state index in [2.05, 4.69) is 24.1 Å². The van der Waals surface area contributed by atoms with Crippen LogP contribution in [-0.2, 0) is 17.7 Å². The molecule has 1 aromatic rings. The lowest BCUT2D eigenvalue weighted by Crippen LogP contribution is -2.15. The van der Waals surface area contributed by atoms with Gasteiger partial charge in [-0.25, -0.2) is 4.98 Å². The second kappa shape index (κ2) is 9.57. The zero-order valence-electron chi connectivity index (χ0n) is 11.0. The van der Waals surface area contributed by atoms with E-state index in [1.165, 1.54) is 22.7 Å². The number of nitrogens with zero attached hydrogens (tertiary/aromatic N) is 1. The summed E-state index contributed by atoms with van der Waals surface area (Å²) in [5, 5.41) is 4.65. The molecular weight excluding hydrogens is 232 g/mol. The highest BCUT2D eigenvalue weighted by Crippen LogP contribution is 2.12. The van der Waals surface area contributed by atoms with E-state index < -0.39 is 0 Å². The Morgan fingerprint density at radius 2 is 2.12 bits per heavy atom. The molecule has 0 saturated carbocycles. The molecule has 1 rings (SSSR count). The van der Waals surface area contributed by atoms with Crippen LogP contribution in [0, 0.1) is 0 Å². The number of aromatic nitrogens is 1. The smallest absolute Gasteiger partial charge is 0.0925 e. The monoisotopic (exact) mass is 256 g/mol. The summed E-state index contributed by atoms with van der Waals surface area (Å²) in [6.07, 6.45) is 6.49. The number of aryl methyl sites for hydroxylation is 1. The van der Waals surface area contributed by atoms with Crippen molar-refractivity contribution in [1.29, 1.82) is 0 Å². The predicted octanol–water partition coefficient (Wildman–Crippen LogP) is 3.00. The second-order valence-corrected chi connectivity index (χ2v) is 5.27. The summed E-state index contributed by atoms with van der Waals surface area (Å²) in [4.78, 5) is 5.66. The normalized spacial score (nSPS) is 10.9. The van der Waals surface area contributed by atoms with Crippen molar-refractivity contribution in [2.75, 3.05) is 19.8 Å². The lowest BCUT2D eigenvalue weighted by Gasteiger charge is -2.04. The van der Waals surface area contributed by atoms with Gasteiger partial charge in [-0.15, -0.1) is 11.3 Å². The summed E-state index contributed by atoms with van der Waals surface area (Å²) in [7, 11) is 0. The number of hydrogen-bond acceptors (Lipinski definition) is 4. The molecule has 0 aliphatic rings. The van der Waals surface area contributed by atoms with Crippen molar-refractivity contribution in [2.24, 2.45) is 0 Å². The molecule has 0 spiro atoms. The van der Waals surface area contributed by atoms with Crippen molar-refractivity contribution in [1.82, 2.24) is 10.3 Å². The number of rotatable bonds is 10. The van der Waals surface area contributed by atoms with E-state index in [0.29, 0.717) is 0 Å². The molecule has 0 unspecified atom stereocenters. The van der Waals surface area contributed by atoms with Crippen LogP contribution in [0.25, 0.3) is 0 Å². The van der Waals surface area contributed by atoms with E-state index in [9.17, 15) is 0 Å². The van der Waals surface area contributed by atoms with E-state index in [-0.39, 0.29) is 0 Å². The SMILES string of the molecule is CCCCOCCCNCc1cnc(CC)s1. The van der Waals surface area contributed by atoms with Crippen LogP contribution in [0.15, 0.2) is 6.20 Å². The van der Waals surface area contributed by atoms with Crippen molar-refractivity contribution in [2.45, 2.75) is 46.1 Å². The minimum atomic E-state index is 0.871. The Kier molecular flexibility index (Phi) is 8.22. The maximum Gasteiger partial charge on any atom is 0.0925 e. The molecule has 0 atom stereocenters. The van der Waals surface area contributed by atoms with Crippen molar-refractivity contribution in [3.05, 3.63) is 16.1 Å². The second-order valence-electron chi connectivity index (χ2n) is 4.07. The van der Waals surface area contributed by atoms with Crippen LogP contribution in [0.4, 0.5) is 0 Å². The third-order valence-electron chi connectivity index (χ3n) is 2.49. The predicted molar refractivity (Wildman–Crippen MR) is 73.5 cm³/mol. The summed E-state index contributed by atoms with van der Waals surface area (Å²) in [5.41, 5.74) is 0. The maximum atomic E-state index is 5.50. The zero-order chi connectivity index (χ0) is 12.3. The number of thiazole rings is 1. The van der Waals surface area contributed by atoms with Crippen molar-refractivity contribution >= 4 is 11.3 Å². The van der Waals surface area contributed by atoms with E-state index in [1.54, 1.807) is 11.3 Å². The third-order valence-corrected chi connectivity index (χ3v) is 3.63. The summed E-state index contributed by atoms with van der Waals surface area (Å²) in [6.45, 7) is 8.06. The van der Waals surface area contributed by atoms with Crippen molar-refractivity contribution in [3.8, 4) is 0 Å². The lowest BCUT2D eigenvalue weighted by atomic mass is 10.3. The van der Waals surface area contributed by atoms with Gasteiger partial charge in [0.15, 0.2) is 0 Å². The fourth-order valence-corrected chi connectivity index (χ4v) is 2.28. The molecule has 0 fully saturated rings. The molecule has 4 heteroatoms. The number of hydrogen-bond donors (Lipinski definition) is 1. The fraction of sp³-hybridized carbons (Fsp3) is 0.769. The summed E-state index contributed by atoms with van der Waals surface area (Å²) >= 11 is 1.80. The quantitative estimate of drug-likeness (QED) is 0.653. The van der Waals surface area contributed by atoms with E-state index in [4.69, 9.17) is 4.74 Å². The van der Waals surface area contributed by atoms with E-state index >= 15 is 0 Å². The summed E-state index contributed by atoms with van der Waals surface area (Å²) in [5.74, 6) is 0. The van der Waals surface area contributed by atoms with Crippen LogP contribution in [0.1, 0.15) is 43.0 Å². The number of unbranched alkanes of at least 4 members (excludes halogenated alkanes) is 1. The minimum absolute atomic E-state index is 0.871. The van der Waals surface area contributed by atoms with Gasteiger partial charge in [-0.1, -0.05) is 20.3 Å². The minimum Gasteiger partial charge on any atom is -0.381 e. The number of nitrogens with one attached hydrogen (secondary N) is 1. The maximum absolute atomic E-state index is 5.50. The van der Waals surface area contributed by atoms with Gasteiger partial charge in [0.25, 0.3) is 0 Å². The van der Waals surface area contributed by atoms with Crippen molar-refractivity contribution < 1.29 is 4.74 Å². The summed E-state index contributed by atoms with van der Waals surface area (Å²) in [6, 6.07) is 0. The molecule has 0 amide bonds. The van der Waals surface area contributed by atoms with Crippen LogP contribution in [0.5, 0.6) is 0 Å². The third kappa shape index (κ3) is 6.76. The molecule has 1 N–H and O–H groups in total. The largest absolute Gasteiger partial charge is 0.381 e. The Labute approximate surface area is 109 Å². The molecule has 0 aliphatic heterocycles. The van der Waals surface area contributed by atoms with Crippen LogP contribution in [0.2, 0.25) is 0 Å². The first kappa shape index (κ1) is 14.6. The van der Waals surface area contributed by atoms with Crippen LogP contribution in [0.3, 0.4) is 0 Å². The van der Waals surface area contributed by atoms with Crippen molar-refractivity contribution in [3.63, 3.8) is 0 Å². The fourth-order valence-electron chi connectivity index (χ4n) is 1.45. The van der Waals surface area contributed by atoms with Crippen LogP contribution >= 0.6 is 11.3 Å². The molecule has 1 heterocycles. The molecule has 0 bridgehead atoms. The van der Waals surface area contributed by atoms with Gasteiger partial charge < -0.3 is 10.1 Å². The average Bonchev–Trinajstić information content (AvgIpc) is 2.80. The van der Waals surface area contributed by atoms with Gasteiger partial charge in [-0.05, 0) is 25.8 Å². The van der Waals surface area contributed by atoms with E-state index in [1.807, 2.05) is 6.20 Å². The van der Waals surface area contributed by atoms with Gasteiger partial charge in [-0.2, -0.15) is 0 Å². The standard InChI is InChI=1S/C13H24N2OS/c1-3-5-8-16-9-6-7-14-10-12-11-15-13(4-2)17-12/h11,14H,3-10H2,1-2H3. The highest BCUT2D eigenvalue weighted by Gasteiger charge is 1.99. The van der Waals surface area contributed by atoms with Gasteiger partial charge in [0, 0.05) is 30.8 Å². The Morgan fingerprint density at radius 1 is 1.29 bits per heavy atom. The molecule has 0 saturated heterocycles. The van der Waals surface area contributed by atoms with Crippen LogP contribution in [-0.4, -0.2) is 24.7 Å². The Balaban J connectivity index is 1.93. The zero-order valence-corrected chi connectivity index (χ0v) is 11.8. The van der Waals surface area contributed by atoms with Crippen LogP contribution < -0.4 is 5.32 Å². The van der Waals surface area contributed by atoms with Gasteiger partial charge in [0.05, 0.1) is 5.01 Å². The highest BCUT2D eigenvalue weighted by molar-refractivity contribution is 7.11. The molecule has 98 valence electrons. The first-order valence-corrected chi connectivity index (χ1v) is 7.40. The molecule has 0 aromatic carbocycles. The summed E-state index contributed by atoms with van der Waals surface area (Å²) < 4.78 is 5.50. The molecular formula is C13H24N2OS. The Morgan fingerprint density at radius 3 is 2.82 bits per heavy atom. The molecule has 0 radical (unpaired) electrons. The van der Waals surface area contributed by atoms with Gasteiger partial charge in [0.2, 0.25) is 0 Å². The molecule has 0 aliphatic carbocycles. The molecule has 1 aromatic heterocycles. The average molecular weight is 256 g/mol. The highest BCUT2D eigenvalue weighted by atomic mass is 32.1.